The van der Waals surface area contributed by atoms with Crippen molar-refractivity contribution >= 4 is 17.0 Å². The second-order valence-electron chi connectivity index (χ2n) is 6.63. The summed E-state index contributed by atoms with van der Waals surface area (Å²) in [5.41, 5.74) is -2.24. The lowest BCUT2D eigenvalue weighted by Crippen LogP contribution is -2.46. The quantitative estimate of drug-likeness (QED) is 0.591. The first kappa shape index (κ1) is 17.7. The van der Waals surface area contributed by atoms with Gasteiger partial charge in [0.25, 0.3) is 0 Å². The van der Waals surface area contributed by atoms with Crippen LogP contribution in [0.2, 0.25) is 0 Å². The molecule has 0 aromatic heterocycles. The van der Waals surface area contributed by atoms with Crippen molar-refractivity contribution < 1.29 is 36.2 Å². The van der Waals surface area contributed by atoms with Gasteiger partial charge >= 0.3 is 11.2 Å². The van der Waals surface area contributed by atoms with Crippen molar-refractivity contribution in [3.63, 3.8) is 0 Å². The highest BCUT2D eigenvalue weighted by molar-refractivity contribution is 7.80. The maximum absolute atomic E-state index is 13.4. The molecule has 5 nitrogen and oxygen atoms in total. The first-order chi connectivity index (χ1) is 9.91. The fourth-order valence-electron chi connectivity index (χ4n) is 3.22. The number of carbonyl (C=O) groups is 1. The third-order valence-corrected chi connectivity index (χ3v) is 6.20. The lowest BCUT2D eigenvalue weighted by molar-refractivity contribution is -0.168. The van der Waals surface area contributed by atoms with Crippen LogP contribution in [0.15, 0.2) is 0 Å². The van der Waals surface area contributed by atoms with Gasteiger partial charge in [0.1, 0.15) is 5.60 Å². The number of carbonyl (C=O) groups excluding carboxylic acids is 1. The summed E-state index contributed by atoms with van der Waals surface area (Å²) in [5, 5.41) is -4.40. The largest absolute Gasteiger partial charge is 0.456 e. The average Bonchev–Trinajstić information content (AvgIpc) is 2.68. The molecule has 0 aromatic carbocycles. The number of esters is 1. The molecule has 9 heteroatoms. The summed E-state index contributed by atoms with van der Waals surface area (Å²) >= 11 is -3.62. The Morgan fingerprint density at radius 1 is 1.41 bits per heavy atom. The lowest BCUT2D eigenvalue weighted by Gasteiger charge is -2.36. The van der Waals surface area contributed by atoms with E-state index in [1.165, 1.54) is 0 Å². The predicted octanol–water partition coefficient (Wildman–Crippen LogP) is 2.28. The Morgan fingerprint density at radius 2 is 2.00 bits per heavy atom. The molecule has 1 N–H and O–H groups in total. The first-order valence-corrected chi connectivity index (χ1v) is 7.95. The third kappa shape index (κ3) is 2.20. The normalized spacial score (nSPS) is 36.2. The fraction of sp³-hybridized carbons (Fsp3) is 0.923. The minimum Gasteiger partial charge on any atom is -0.456 e. The molecule has 0 spiro atoms. The van der Waals surface area contributed by atoms with E-state index >= 15 is 0 Å². The van der Waals surface area contributed by atoms with E-state index in [9.17, 15) is 22.2 Å². The van der Waals surface area contributed by atoms with Gasteiger partial charge in [0, 0.05) is 5.41 Å². The topological polar surface area (TPSA) is 72.8 Å². The Morgan fingerprint density at radius 3 is 2.41 bits per heavy atom. The van der Waals surface area contributed by atoms with Gasteiger partial charge in [-0.05, 0) is 19.8 Å². The van der Waals surface area contributed by atoms with E-state index < -0.39 is 45.5 Å². The number of rotatable bonds is 6. The van der Waals surface area contributed by atoms with Gasteiger partial charge in [-0.15, -0.1) is 0 Å². The van der Waals surface area contributed by atoms with Crippen molar-refractivity contribution in [2.24, 2.45) is 10.8 Å². The summed E-state index contributed by atoms with van der Waals surface area (Å²) in [5.74, 6) is -0.369. The Kier molecular flexibility index (Phi) is 4.16. The van der Waals surface area contributed by atoms with Crippen molar-refractivity contribution in [2.45, 2.75) is 50.6 Å². The summed E-state index contributed by atoms with van der Waals surface area (Å²) in [6, 6.07) is 0. The molecule has 4 unspecified atom stereocenters. The molecule has 0 amide bonds. The Labute approximate surface area is 128 Å². The summed E-state index contributed by atoms with van der Waals surface area (Å²) in [6.07, 6.45) is -1.83. The molecule has 128 valence electrons. The molecule has 1 heterocycles. The fourth-order valence-corrected chi connectivity index (χ4v) is 3.51. The van der Waals surface area contributed by atoms with Crippen molar-refractivity contribution in [3.05, 3.63) is 0 Å². The molecule has 1 saturated heterocycles. The molecule has 1 saturated carbocycles. The van der Waals surface area contributed by atoms with Gasteiger partial charge in [0.15, 0.2) is 0 Å². The first-order valence-electron chi connectivity index (χ1n) is 6.85. The molecule has 4 atom stereocenters. The Hall–Kier alpha value is -0.670. The predicted molar refractivity (Wildman–Crippen MR) is 71.4 cm³/mol. The molecule has 2 fully saturated rings. The Balaban J connectivity index is 2.01. The van der Waals surface area contributed by atoms with Crippen molar-refractivity contribution in [1.82, 2.24) is 0 Å². The number of hydrogen-bond donors (Lipinski definition) is 1. The van der Waals surface area contributed by atoms with Gasteiger partial charge in [0.2, 0.25) is 17.3 Å². The molecule has 2 aliphatic rings. The van der Waals surface area contributed by atoms with Crippen LogP contribution in [0.3, 0.4) is 0 Å². The second-order valence-corrected chi connectivity index (χ2v) is 7.68. The van der Waals surface area contributed by atoms with Crippen molar-refractivity contribution in [3.8, 4) is 0 Å². The van der Waals surface area contributed by atoms with Gasteiger partial charge in [-0.2, -0.15) is 8.78 Å². The highest BCUT2D eigenvalue weighted by Gasteiger charge is 2.72. The molecule has 2 bridgehead atoms. The molecule has 22 heavy (non-hydrogen) atoms. The van der Waals surface area contributed by atoms with E-state index in [2.05, 4.69) is 0 Å². The molecule has 0 aromatic rings. The van der Waals surface area contributed by atoms with Crippen LogP contribution in [0, 0.1) is 10.8 Å². The molecular formula is C13H19F3O5S. The number of halogens is 3. The van der Waals surface area contributed by atoms with Crippen LogP contribution < -0.4 is 0 Å². The van der Waals surface area contributed by atoms with Crippen LogP contribution in [-0.2, 0) is 25.3 Å². The summed E-state index contributed by atoms with van der Waals surface area (Å²) in [7, 11) is 0. The minimum absolute atomic E-state index is 0.226. The molecule has 2 rings (SSSR count). The maximum atomic E-state index is 13.4. The van der Waals surface area contributed by atoms with Gasteiger partial charge in [0.05, 0.1) is 18.6 Å². The lowest BCUT2D eigenvalue weighted by atomic mass is 9.66. The van der Waals surface area contributed by atoms with Crippen LogP contribution >= 0.6 is 0 Å². The highest BCUT2D eigenvalue weighted by atomic mass is 32.2. The summed E-state index contributed by atoms with van der Waals surface area (Å²) < 4.78 is 68.5. The highest BCUT2D eigenvalue weighted by Crippen LogP contribution is 2.65. The number of ether oxygens (including phenoxy) is 2. The molecule has 1 aliphatic heterocycles. The number of hydrogen-bond acceptors (Lipinski definition) is 4. The zero-order valence-corrected chi connectivity index (χ0v) is 13.3. The van der Waals surface area contributed by atoms with Crippen molar-refractivity contribution in [2.75, 3.05) is 13.2 Å². The van der Waals surface area contributed by atoms with Gasteiger partial charge < -0.3 is 14.0 Å². The van der Waals surface area contributed by atoms with Gasteiger partial charge in [-0.25, -0.2) is 8.60 Å². The van der Waals surface area contributed by atoms with Crippen LogP contribution in [0.1, 0.15) is 33.6 Å². The van der Waals surface area contributed by atoms with E-state index in [0.29, 0.717) is 12.8 Å². The van der Waals surface area contributed by atoms with Crippen LogP contribution in [0.5, 0.6) is 0 Å². The van der Waals surface area contributed by atoms with Gasteiger partial charge in [-0.3, -0.25) is 4.79 Å². The minimum atomic E-state index is -4.40. The van der Waals surface area contributed by atoms with Gasteiger partial charge in [-0.1, -0.05) is 13.8 Å². The third-order valence-electron chi connectivity index (χ3n) is 5.48. The van der Waals surface area contributed by atoms with Crippen LogP contribution in [0.4, 0.5) is 13.2 Å². The SMILES string of the molecule is CC12CCC(COCC(F)C(F)(F)S(=O)O)(OC1=O)C2(C)C. The summed E-state index contributed by atoms with van der Waals surface area (Å²) in [4.78, 5) is 12.0. The number of alkyl halides is 3. The van der Waals surface area contributed by atoms with E-state index in [1.54, 1.807) is 6.92 Å². The van der Waals surface area contributed by atoms with E-state index in [0.717, 1.165) is 0 Å². The smallest absolute Gasteiger partial charge is 0.377 e. The molecule has 0 radical (unpaired) electrons. The summed E-state index contributed by atoms with van der Waals surface area (Å²) in [6.45, 7) is 4.17. The standard InChI is InChI=1S/C13H19F3O5S/c1-10(2)11(3)4-5-12(10,21-9(11)17)7-20-6-8(14)13(15,16)22(18)19/h8H,4-7H2,1-3H3,(H,18,19). The monoisotopic (exact) mass is 344 g/mol. The van der Waals surface area contributed by atoms with Crippen molar-refractivity contribution in [1.29, 1.82) is 0 Å². The zero-order valence-electron chi connectivity index (χ0n) is 12.5. The van der Waals surface area contributed by atoms with E-state index in [-0.39, 0.29) is 12.6 Å². The number of fused-ring (bicyclic) bond motifs is 2. The average molecular weight is 344 g/mol. The maximum Gasteiger partial charge on any atom is 0.377 e. The van der Waals surface area contributed by atoms with E-state index in [4.69, 9.17) is 14.0 Å². The zero-order chi connectivity index (χ0) is 17.0. The van der Waals surface area contributed by atoms with E-state index in [1.807, 2.05) is 13.8 Å². The molecule has 1 aliphatic carbocycles. The molecular weight excluding hydrogens is 325 g/mol. The van der Waals surface area contributed by atoms with Crippen LogP contribution in [0.25, 0.3) is 0 Å². The van der Waals surface area contributed by atoms with Crippen LogP contribution in [-0.4, -0.2) is 45.0 Å². The second kappa shape index (κ2) is 5.17. The Bertz CT molecular complexity index is 512.